The minimum absolute atomic E-state index is 0.0412. The molecule has 3 unspecified atom stereocenters. The second-order valence-corrected chi connectivity index (χ2v) is 4.42. The van der Waals surface area contributed by atoms with Gasteiger partial charge in [0.1, 0.15) is 0 Å². The highest BCUT2D eigenvalue weighted by Crippen LogP contribution is 1.96. The van der Waals surface area contributed by atoms with E-state index in [1.165, 1.54) is 0 Å². The molecule has 5 heteroatoms. The fourth-order valence-corrected chi connectivity index (χ4v) is 1.66. The van der Waals surface area contributed by atoms with Crippen LogP contribution in [0.25, 0.3) is 0 Å². The Balaban J connectivity index is 4.02. The van der Waals surface area contributed by atoms with Crippen molar-refractivity contribution in [2.75, 3.05) is 20.3 Å². The Hall–Kier alpha value is -0.650. The Morgan fingerprint density at radius 1 is 1.41 bits per heavy atom. The number of aliphatic hydroxyl groups excluding tert-OH is 1. The molecule has 0 fully saturated rings. The van der Waals surface area contributed by atoms with Gasteiger partial charge in [-0.15, -0.1) is 0 Å². The lowest BCUT2D eigenvalue weighted by atomic mass is 10.1. The van der Waals surface area contributed by atoms with Gasteiger partial charge in [-0.05, 0) is 20.3 Å². The normalized spacial score (nSPS) is 16.3. The van der Waals surface area contributed by atoms with Crippen LogP contribution in [0.15, 0.2) is 0 Å². The molecule has 0 saturated carbocycles. The highest BCUT2D eigenvalue weighted by Gasteiger charge is 2.18. The van der Waals surface area contributed by atoms with Crippen molar-refractivity contribution in [2.24, 2.45) is 0 Å². The van der Waals surface area contributed by atoms with E-state index in [2.05, 4.69) is 17.6 Å². The van der Waals surface area contributed by atoms with Gasteiger partial charge in [0.25, 0.3) is 0 Å². The Labute approximate surface area is 104 Å². The maximum atomic E-state index is 11.8. The van der Waals surface area contributed by atoms with E-state index in [9.17, 15) is 4.79 Å². The van der Waals surface area contributed by atoms with Crippen molar-refractivity contribution in [3.05, 3.63) is 0 Å². The van der Waals surface area contributed by atoms with Gasteiger partial charge in [-0.3, -0.25) is 10.1 Å². The molecule has 1 amide bonds. The van der Waals surface area contributed by atoms with Crippen LogP contribution < -0.4 is 10.6 Å². The van der Waals surface area contributed by atoms with Crippen LogP contribution in [-0.4, -0.2) is 49.5 Å². The van der Waals surface area contributed by atoms with Gasteiger partial charge < -0.3 is 15.2 Å². The first kappa shape index (κ1) is 16.4. The van der Waals surface area contributed by atoms with Gasteiger partial charge in [0.15, 0.2) is 0 Å². The second-order valence-electron chi connectivity index (χ2n) is 4.42. The van der Waals surface area contributed by atoms with Crippen molar-refractivity contribution in [2.45, 2.75) is 51.7 Å². The molecule has 0 aromatic rings. The number of carbonyl (C=O) groups is 1. The monoisotopic (exact) mass is 246 g/mol. The zero-order chi connectivity index (χ0) is 13.3. The smallest absolute Gasteiger partial charge is 0.237 e. The molecule has 102 valence electrons. The highest BCUT2D eigenvalue weighted by atomic mass is 16.5. The highest BCUT2D eigenvalue weighted by molar-refractivity contribution is 5.81. The largest absolute Gasteiger partial charge is 0.395 e. The van der Waals surface area contributed by atoms with Crippen molar-refractivity contribution in [1.29, 1.82) is 0 Å². The minimum Gasteiger partial charge on any atom is -0.395 e. The Bertz CT molecular complexity index is 212. The van der Waals surface area contributed by atoms with Gasteiger partial charge >= 0.3 is 0 Å². The Kier molecular flexibility index (Phi) is 9.03. The average Bonchev–Trinajstić information content (AvgIpc) is 2.28. The lowest BCUT2D eigenvalue weighted by Gasteiger charge is -2.22. The number of methoxy groups -OCH3 is 1. The summed E-state index contributed by atoms with van der Waals surface area (Å²) in [5.74, 6) is -0.0412. The lowest BCUT2D eigenvalue weighted by molar-refractivity contribution is -0.123. The van der Waals surface area contributed by atoms with E-state index in [1.807, 2.05) is 6.92 Å². The Morgan fingerprint density at radius 3 is 2.53 bits per heavy atom. The molecule has 3 N–H and O–H groups in total. The van der Waals surface area contributed by atoms with Crippen LogP contribution in [0, 0.1) is 0 Å². The number of hydrogen-bond acceptors (Lipinski definition) is 4. The van der Waals surface area contributed by atoms with Gasteiger partial charge in [0.05, 0.1) is 25.3 Å². The summed E-state index contributed by atoms with van der Waals surface area (Å²) < 4.78 is 4.94. The van der Waals surface area contributed by atoms with Crippen LogP contribution in [0.4, 0.5) is 0 Å². The summed E-state index contributed by atoms with van der Waals surface area (Å²) in [7, 11) is 1.57. The van der Waals surface area contributed by atoms with Crippen LogP contribution >= 0.6 is 0 Å². The van der Waals surface area contributed by atoms with E-state index in [4.69, 9.17) is 9.84 Å². The number of amides is 1. The van der Waals surface area contributed by atoms with Crippen LogP contribution in [-0.2, 0) is 9.53 Å². The van der Waals surface area contributed by atoms with Crippen molar-refractivity contribution < 1.29 is 14.6 Å². The molecular formula is C12H26N2O3. The maximum Gasteiger partial charge on any atom is 0.237 e. The molecular weight excluding hydrogens is 220 g/mol. The molecule has 0 aliphatic carbocycles. The van der Waals surface area contributed by atoms with E-state index in [0.717, 1.165) is 12.8 Å². The molecule has 17 heavy (non-hydrogen) atoms. The molecule has 0 aromatic heterocycles. The summed E-state index contributed by atoms with van der Waals surface area (Å²) in [4.78, 5) is 11.8. The number of ether oxygens (including phenoxy) is 1. The van der Waals surface area contributed by atoms with Gasteiger partial charge in [0, 0.05) is 13.2 Å². The summed E-state index contributed by atoms with van der Waals surface area (Å²) in [6.07, 6.45) is 2.02. The number of rotatable bonds is 9. The average molecular weight is 246 g/mol. The molecule has 0 bridgehead atoms. The molecule has 0 aromatic carbocycles. The first-order valence-corrected chi connectivity index (χ1v) is 6.21. The molecule has 3 atom stereocenters. The van der Waals surface area contributed by atoms with Crippen LogP contribution in [0.3, 0.4) is 0 Å². The molecule has 0 aliphatic rings. The van der Waals surface area contributed by atoms with Gasteiger partial charge in [0.2, 0.25) is 5.91 Å². The second kappa shape index (κ2) is 9.39. The van der Waals surface area contributed by atoms with Crippen LogP contribution in [0.2, 0.25) is 0 Å². The number of nitrogens with one attached hydrogen (secondary N) is 2. The summed E-state index contributed by atoms with van der Waals surface area (Å²) in [5, 5.41) is 15.0. The van der Waals surface area contributed by atoms with Gasteiger partial charge in [-0.2, -0.15) is 0 Å². The number of hydrogen-bond donors (Lipinski definition) is 3. The zero-order valence-electron chi connectivity index (χ0n) is 11.3. The van der Waals surface area contributed by atoms with Gasteiger partial charge in [-0.25, -0.2) is 0 Å². The number of carbonyl (C=O) groups excluding carboxylic acids is 1. The maximum absolute atomic E-state index is 11.8. The van der Waals surface area contributed by atoms with Crippen molar-refractivity contribution >= 4 is 5.91 Å². The molecule has 0 aliphatic heterocycles. The molecule has 5 nitrogen and oxygen atoms in total. The van der Waals surface area contributed by atoms with Gasteiger partial charge in [-0.1, -0.05) is 13.3 Å². The molecule has 0 rings (SSSR count). The number of aliphatic hydroxyl groups is 1. The van der Waals surface area contributed by atoms with Crippen LogP contribution in [0.5, 0.6) is 0 Å². The molecule has 0 radical (unpaired) electrons. The zero-order valence-corrected chi connectivity index (χ0v) is 11.3. The van der Waals surface area contributed by atoms with E-state index in [-0.39, 0.29) is 30.6 Å². The minimum atomic E-state index is -0.332. The van der Waals surface area contributed by atoms with E-state index < -0.39 is 0 Å². The first-order chi connectivity index (χ1) is 8.04. The fraction of sp³-hybridized carbons (Fsp3) is 0.917. The fourth-order valence-electron chi connectivity index (χ4n) is 1.66. The third kappa shape index (κ3) is 7.31. The standard InChI is InChI=1S/C12H26N2O3/c1-5-6-9(2)13-12(16)10(3)14-11(7-15)8-17-4/h9-11,14-15H,5-8H2,1-4H3,(H,13,16). The third-order valence-corrected chi connectivity index (χ3v) is 2.58. The summed E-state index contributed by atoms with van der Waals surface area (Å²) >= 11 is 0. The van der Waals surface area contributed by atoms with Crippen molar-refractivity contribution in [3.63, 3.8) is 0 Å². The lowest BCUT2D eigenvalue weighted by Crippen LogP contribution is -2.51. The molecule has 0 spiro atoms. The SMILES string of the molecule is CCCC(C)NC(=O)C(C)NC(CO)COC. The van der Waals surface area contributed by atoms with E-state index in [1.54, 1.807) is 14.0 Å². The topological polar surface area (TPSA) is 70.6 Å². The summed E-state index contributed by atoms with van der Waals surface area (Å²) in [6.45, 7) is 6.21. The Morgan fingerprint density at radius 2 is 2.06 bits per heavy atom. The quantitative estimate of drug-likeness (QED) is 0.546. The van der Waals surface area contributed by atoms with E-state index >= 15 is 0 Å². The third-order valence-electron chi connectivity index (χ3n) is 2.58. The van der Waals surface area contributed by atoms with E-state index in [0.29, 0.717) is 6.61 Å². The molecule has 0 heterocycles. The van der Waals surface area contributed by atoms with Crippen molar-refractivity contribution in [3.8, 4) is 0 Å². The summed E-state index contributed by atoms with van der Waals surface area (Å²) in [5.41, 5.74) is 0. The first-order valence-electron chi connectivity index (χ1n) is 6.21. The predicted molar refractivity (Wildman–Crippen MR) is 67.9 cm³/mol. The van der Waals surface area contributed by atoms with Crippen LogP contribution in [0.1, 0.15) is 33.6 Å². The van der Waals surface area contributed by atoms with Crippen molar-refractivity contribution in [1.82, 2.24) is 10.6 Å². The molecule has 0 saturated heterocycles. The predicted octanol–water partition coefficient (Wildman–Crippen LogP) is 0.277. The summed E-state index contributed by atoms with van der Waals surface area (Å²) in [6, 6.07) is -0.351.